The Bertz CT molecular complexity index is 2360. The van der Waals surface area contributed by atoms with E-state index in [1.54, 1.807) is 13.8 Å². The maximum Gasteiger partial charge on any atom is 0.315 e. The Morgan fingerprint density at radius 1 is 0.565 bits per heavy atom. The van der Waals surface area contributed by atoms with Crippen LogP contribution in [-0.2, 0) is 52.2 Å². The molecule has 0 amide bonds. The van der Waals surface area contributed by atoms with Gasteiger partial charge < -0.3 is 119 Å². The van der Waals surface area contributed by atoms with Crippen LogP contribution in [-0.4, -0.2) is 251 Å². The molecule has 25 nitrogen and oxygen atoms in total. The van der Waals surface area contributed by atoms with Gasteiger partial charge in [0.25, 0.3) is 0 Å². The highest BCUT2D eigenvalue weighted by molar-refractivity contribution is 5.79. The lowest BCUT2D eigenvalue weighted by Crippen LogP contribution is -2.66. The molecule has 488 valence electrons. The number of ether oxygens (including phenoxy) is 10. The Morgan fingerprint density at radius 3 is 1.84 bits per heavy atom. The Balaban J connectivity index is 0.824. The van der Waals surface area contributed by atoms with Crippen molar-refractivity contribution in [3.8, 4) is 0 Å². The van der Waals surface area contributed by atoms with Crippen molar-refractivity contribution >= 4 is 5.97 Å². The van der Waals surface area contributed by atoms with Gasteiger partial charge in [-0.3, -0.25) is 4.79 Å². The van der Waals surface area contributed by atoms with Crippen molar-refractivity contribution < 1.29 is 124 Å². The molecule has 10 rings (SSSR count). The molecule has 10 aliphatic rings. The molecule has 4 saturated carbocycles. The van der Waals surface area contributed by atoms with Gasteiger partial charge in [0, 0.05) is 5.92 Å². The van der Waals surface area contributed by atoms with Crippen LogP contribution in [0.1, 0.15) is 127 Å². The molecule has 5 aliphatic heterocycles. The van der Waals surface area contributed by atoms with Crippen molar-refractivity contribution in [2.24, 2.45) is 56.2 Å². The molecule has 14 N–H and O–H groups in total. The number of esters is 1. The Hall–Kier alpha value is -1.71. The van der Waals surface area contributed by atoms with E-state index in [2.05, 4.69) is 54.5 Å². The second kappa shape index (κ2) is 24.4. The topological polar surface area (TPSA) is 393 Å². The summed E-state index contributed by atoms with van der Waals surface area (Å²) in [6.45, 7) is 17.0. The van der Waals surface area contributed by atoms with Crippen LogP contribution in [0.15, 0.2) is 11.6 Å². The molecule has 85 heavy (non-hydrogen) atoms. The summed E-state index contributed by atoms with van der Waals surface area (Å²) in [5.41, 5.74) is -1.18. The van der Waals surface area contributed by atoms with Gasteiger partial charge in [0.15, 0.2) is 25.2 Å². The quantitative estimate of drug-likeness (QED) is 0.0581. The molecule has 0 aromatic heterocycles. The Morgan fingerprint density at radius 2 is 1.15 bits per heavy atom. The highest BCUT2D eigenvalue weighted by atomic mass is 16.8. The van der Waals surface area contributed by atoms with Gasteiger partial charge in [0.2, 0.25) is 6.29 Å². The highest BCUT2D eigenvalue weighted by Gasteiger charge is 2.70. The molecular weight excluding hydrogens is 1120 g/mol. The van der Waals surface area contributed by atoms with Gasteiger partial charge in [-0.2, -0.15) is 0 Å². The fraction of sp³-hybridized carbons (Fsp3) is 0.950. The first-order valence-corrected chi connectivity index (χ1v) is 30.9. The minimum atomic E-state index is -1.87. The highest BCUT2D eigenvalue weighted by Crippen LogP contribution is 2.76. The van der Waals surface area contributed by atoms with Gasteiger partial charge in [0.05, 0.1) is 50.2 Å². The van der Waals surface area contributed by atoms with Gasteiger partial charge in [-0.15, -0.1) is 0 Å². The number of rotatable bonds is 13. The standard InChI is InChI=1S/C60H98O25/c1-25-26(2)78-50(43(71)36(25)64)83-47-31(22-62)80-49(46(74)42(47)70)77-24-32-39(67)41(69)45(73)52(81-32)85-54(75)60-18-16-55(3,4)20-28(60)27-10-11-34-57(7)14-13-35(56(5,6)33(57)12-15-59(34,9)58(27,8)17-19-60)82-53-48(37(65)29(63)23-76-53)84-51-44(72)40(68)38(66)30(21-61)79-51/h10,25-26,28-53,61-74H,11-24H2,1-9H3. The number of carbonyl (C=O) groups is 1. The number of aliphatic hydroxyl groups is 14. The second-order valence-corrected chi connectivity index (χ2v) is 29.0. The van der Waals surface area contributed by atoms with Crippen molar-refractivity contribution in [1.82, 2.24) is 0 Å². The van der Waals surface area contributed by atoms with E-state index in [1.807, 2.05) is 0 Å². The van der Waals surface area contributed by atoms with Gasteiger partial charge in [-0.05, 0) is 116 Å². The monoisotopic (exact) mass is 1220 g/mol. The molecule has 5 aliphatic carbocycles. The summed E-state index contributed by atoms with van der Waals surface area (Å²) in [4.78, 5) is 15.2. The maximum absolute atomic E-state index is 15.2. The molecule has 25 heteroatoms. The lowest BCUT2D eigenvalue weighted by atomic mass is 9.33. The maximum atomic E-state index is 15.2. The van der Waals surface area contributed by atoms with Gasteiger partial charge in [-0.1, -0.05) is 67.0 Å². The molecule has 5 heterocycles. The third-order valence-corrected chi connectivity index (χ3v) is 23.5. The summed E-state index contributed by atoms with van der Waals surface area (Å²) in [7, 11) is 0. The average molecular weight is 1220 g/mol. The molecule has 9 fully saturated rings. The van der Waals surface area contributed by atoms with Crippen LogP contribution in [0.2, 0.25) is 0 Å². The normalized spacial score (nSPS) is 54.1. The van der Waals surface area contributed by atoms with Crippen molar-refractivity contribution in [2.75, 3.05) is 26.4 Å². The molecular formula is C60H98O25. The lowest BCUT2D eigenvalue weighted by Gasteiger charge is -2.71. The summed E-state index contributed by atoms with van der Waals surface area (Å²) in [5, 5.41) is 151. The van der Waals surface area contributed by atoms with Gasteiger partial charge >= 0.3 is 5.97 Å². The zero-order chi connectivity index (χ0) is 62.0. The number of allylic oxidation sites excluding steroid dienone is 2. The van der Waals surface area contributed by atoms with E-state index in [9.17, 15) is 71.5 Å². The summed E-state index contributed by atoms with van der Waals surface area (Å²) in [5.74, 6) is -0.931. The largest absolute Gasteiger partial charge is 0.432 e. The molecule has 32 unspecified atom stereocenters. The Labute approximate surface area is 496 Å². The SMILES string of the molecule is CC1OC(OC2C(CO)OC(OCC3OC(OC(=O)C45CCC(C)(C)CC4C4=CCC6C7(C)CCC(OC8OCC(O)C(O)C8OC8OC(CO)C(O)C(O)C8O)C(C)(C)C7CCC6(C)C4(C)CC5)C(O)C(O)C3O)C(O)C2O)C(O)C(O)C1C. The average Bonchev–Trinajstić information content (AvgIpc) is 0.705. The van der Waals surface area contributed by atoms with Gasteiger partial charge in [0.1, 0.15) is 97.7 Å². The zero-order valence-corrected chi connectivity index (χ0v) is 50.4. The summed E-state index contributed by atoms with van der Waals surface area (Å²) >= 11 is 0. The van der Waals surface area contributed by atoms with E-state index in [0.717, 1.165) is 25.7 Å². The minimum absolute atomic E-state index is 0.147. The minimum Gasteiger partial charge on any atom is -0.432 e. The van der Waals surface area contributed by atoms with Crippen molar-refractivity contribution in [3.63, 3.8) is 0 Å². The van der Waals surface area contributed by atoms with Crippen LogP contribution in [0.5, 0.6) is 0 Å². The number of carbonyl (C=O) groups excluding carboxylic acids is 1. The molecule has 32 atom stereocenters. The second-order valence-electron chi connectivity index (χ2n) is 29.0. The van der Waals surface area contributed by atoms with Crippen LogP contribution in [0, 0.1) is 56.2 Å². The smallest absolute Gasteiger partial charge is 0.315 e. The lowest BCUT2D eigenvalue weighted by molar-refractivity contribution is -0.367. The molecule has 0 aromatic rings. The predicted octanol–water partition coefficient (Wildman–Crippen LogP) is -1.27. The molecule has 0 aromatic carbocycles. The number of fused-ring (bicyclic) bond motifs is 7. The van der Waals surface area contributed by atoms with E-state index in [1.165, 1.54) is 5.57 Å². The first kappa shape index (κ1) is 66.2. The third-order valence-electron chi connectivity index (χ3n) is 23.5. The van der Waals surface area contributed by atoms with Crippen LogP contribution in [0.3, 0.4) is 0 Å². The van der Waals surface area contributed by atoms with E-state index < -0.39 is 190 Å². The predicted molar refractivity (Wildman–Crippen MR) is 291 cm³/mol. The fourth-order valence-corrected chi connectivity index (χ4v) is 17.7. The molecule has 0 bridgehead atoms. The van der Waals surface area contributed by atoms with Crippen LogP contribution in [0.4, 0.5) is 0 Å². The number of hydrogen-bond donors (Lipinski definition) is 14. The van der Waals surface area contributed by atoms with Crippen molar-refractivity contribution in [3.05, 3.63) is 11.6 Å². The van der Waals surface area contributed by atoms with E-state index in [0.29, 0.717) is 38.5 Å². The van der Waals surface area contributed by atoms with Crippen LogP contribution < -0.4 is 0 Å². The number of aliphatic hydroxyl groups excluding tert-OH is 14. The van der Waals surface area contributed by atoms with Gasteiger partial charge in [-0.25, -0.2) is 0 Å². The van der Waals surface area contributed by atoms with Crippen LogP contribution in [0.25, 0.3) is 0 Å². The van der Waals surface area contributed by atoms with E-state index in [-0.39, 0.29) is 46.0 Å². The van der Waals surface area contributed by atoms with Crippen molar-refractivity contribution in [1.29, 1.82) is 0 Å². The molecule has 5 saturated heterocycles. The Kier molecular flexibility index (Phi) is 19.0. The summed E-state index contributed by atoms with van der Waals surface area (Å²) < 4.78 is 59.9. The first-order chi connectivity index (χ1) is 39.8. The first-order valence-electron chi connectivity index (χ1n) is 30.9. The van der Waals surface area contributed by atoms with Crippen molar-refractivity contribution in [2.45, 2.75) is 274 Å². The van der Waals surface area contributed by atoms with Crippen LogP contribution >= 0.6 is 0 Å². The number of hydrogen-bond acceptors (Lipinski definition) is 25. The fourth-order valence-electron chi connectivity index (χ4n) is 17.7. The third kappa shape index (κ3) is 11.2. The summed E-state index contributed by atoms with van der Waals surface area (Å²) in [6, 6.07) is 0. The molecule has 0 spiro atoms. The molecule has 0 radical (unpaired) electrons. The summed E-state index contributed by atoms with van der Waals surface area (Å²) in [6.07, 6.45) is -26.2. The van der Waals surface area contributed by atoms with E-state index >= 15 is 4.79 Å². The van der Waals surface area contributed by atoms with E-state index in [4.69, 9.17) is 47.4 Å². The zero-order valence-electron chi connectivity index (χ0n) is 50.4.